The molecule has 0 spiro atoms. The van der Waals surface area contributed by atoms with Gasteiger partial charge in [-0.2, -0.15) is 0 Å². The van der Waals surface area contributed by atoms with Crippen LogP contribution in [0.15, 0.2) is 374 Å². The Balaban J connectivity index is 0.000000152. The lowest BCUT2D eigenvalue weighted by molar-refractivity contribution is 0.101. The second-order valence-electron chi connectivity index (χ2n) is 32.1. The molecule has 8 N–H and O–H groups in total. The van der Waals surface area contributed by atoms with Gasteiger partial charge in [0.1, 0.15) is 0 Å². The average Bonchev–Trinajstić information content (AvgIpc) is 1.50. The fraction of sp³-hybridized carbons (Fsp3) is 0.105. The van der Waals surface area contributed by atoms with Crippen molar-refractivity contribution in [1.29, 1.82) is 0 Å². The first-order valence-corrected chi connectivity index (χ1v) is 44.1. The molecule has 0 fully saturated rings. The molecule has 0 radical (unpaired) electrons. The van der Waals surface area contributed by atoms with Gasteiger partial charge in [0.15, 0.2) is 0 Å². The monoisotopic (exact) mass is 1930 g/mol. The number of H-pyrrole nitrogens is 4. The second kappa shape index (κ2) is 44.5. The third-order valence-electron chi connectivity index (χ3n) is 20.8. The van der Waals surface area contributed by atoms with Gasteiger partial charge in [-0.15, -0.1) is 0 Å². The number of nitrogens with zero attached hydrogens (tertiary/aromatic N) is 18. The normalized spacial score (nSPS) is 14.4. The van der Waals surface area contributed by atoms with Crippen LogP contribution in [0.4, 0.5) is 45.5 Å². The molecule has 30 nitrogen and oxygen atoms in total. The molecule has 712 valence electrons. The molecule has 0 aliphatic heterocycles. The summed E-state index contributed by atoms with van der Waals surface area (Å²) in [4.78, 5) is 124. The standard InChI is InChI=1S/2C29H26N6O.2C28H25N7O/c2*1-19-9-12-35(18-19)25-14-20(2)13-24(16-25)32-28(36)22-7-6-21(3)27(15-22)34-29-31-11-8-26(33-29)23-5-4-10-30-17-23;2*1-18-11-23(14-24(12-18)35-16-20(3)31-17-35)32-27(36)21-7-6-19(2)26(13-21)34-28-30-10-8-25(33-28)22-5-4-9-29-15-22/h2*4-18H,1-3H3,(H,32,36)(H,31,33,34);2*4-17H,1-3H3,(H,32,36)(H,30,33,34)/i8D,11D,12D,13D,14D,16D,18D;3D3,8D,11D,13D,14D,16D;2D3,8D,10D,11D,12D,14D;8D,10D,11D,12D,14D. The predicted molar refractivity (Wildman–Crippen MR) is 561 cm³/mol. The highest BCUT2D eigenvalue weighted by Crippen LogP contribution is 2.31. The van der Waals surface area contributed by atoms with Crippen LogP contribution >= 0.6 is 0 Å². The summed E-state index contributed by atoms with van der Waals surface area (Å²) in [5, 5.41) is 10.5. The number of carbonyl (C=O) groups is 4. The molecule has 12 heterocycles. The summed E-state index contributed by atoms with van der Waals surface area (Å²) in [5.41, 5.74) is 8.72. The zero-order chi connectivity index (χ0) is 124. The molecule has 8 aromatic carbocycles. The number of nitrogens with one attached hydrogen (secondary N) is 8. The fourth-order valence-electron chi connectivity index (χ4n) is 13.8. The number of hydrogen-bond acceptors (Lipinski definition) is 18. The summed E-state index contributed by atoms with van der Waals surface area (Å²) < 4.78 is 239. The van der Waals surface area contributed by atoms with Crippen molar-refractivity contribution in [2.24, 2.45) is 20.0 Å². The van der Waals surface area contributed by atoms with E-state index in [1.54, 1.807) is 194 Å². The SMILES string of the molecule is [2H]c1nc(=Nc2cc(C(=O)Nc3c([2H])c(C)c([2H])c(-n4c([2H])cc(C)c4[2H])c3[2H])ccc2C)[nH]c(-c2cccnc2)c1[2H].[2H]c1nc(=Nc2cc(C(=O)Nc3c([2H])c(C)c([2H])c(-n4ccc(C)c4)c3[2H])ccc2C([2H])([2H])[2H])[nH]c(-c2cccnc2)c1[2H].[2H]c1nc(=Nc2cc(C(=O)Nc3c([2H])c(C)c([2H])c(-n4cnc(C)c4)c3[2H])ccc2C([2H])([2H])[2H])[nH]c(-c2cccnc2)c1[2H].[2H]c1nc(=Nc2cc(C(=O)Nc3c([2H])c(C)c([2H])c(-n4cnc(C)c4)c3[2H])ccc2C)[nH]c(-c2cccnc2)c1[2H]. The number of rotatable bonds is 20. The number of anilines is 4. The molecule has 20 aromatic rings. The summed E-state index contributed by atoms with van der Waals surface area (Å²) in [6.45, 7) is 11.6. The van der Waals surface area contributed by atoms with Crippen molar-refractivity contribution in [3.05, 3.63) is 466 Å². The minimum atomic E-state index is -2.62. The Hall–Kier alpha value is -19.3. The molecule has 0 aliphatic carbocycles. The van der Waals surface area contributed by atoms with Gasteiger partial charge in [-0.1, -0.05) is 24.3 Å². The van der Waals surface area contributed by atoms with Crippen LogP contribution in [-0.2, 0) is 0 Å². The Morgan fingerprint density at radius 3 is 0.896 bits per heavy atom. The van der Waals surface area contributed by atoms with Crippen molar-refractivity contribution in [3.63, 3.8) is 0 Å². The molecule has 12 aromatic heterocycles. The van der Waals surface area contributed by atoms with Gasteiger partial charge in [-0.05, 0) is 344 Å². The van der Waals surface area contributed by atoms with E-state index < -0.39 is 49.7 Å². The maximum atomic E-state index is 13.5. The van der Waals surface area contributed by atoms with Gasteiger partial charge in [0, 0.05) is 210 Å². The largest absolute Gasteiger partial charge is 0.324 e. The predicted octanol–water partition coefficient (Wildman–Crippen LogP) is 21.5. The van der Waals surface area contributed by atoms with E-state index in [-0.39, 0.29) is 262 Å². The zero-order valence-electron chi connectivity index (χ0n) is 106. The van der Waals surface area contributed by atoms with E-state index in [0.717, 1.165) is 15.7 Å². The highest BCUT2D eigenvalue weighted by Gasteiger charge is 2.18. The molecule has 20 rings (SSSR count). The Morgan fingerprint density at radius 2 is 0.625 bits per heavy atom. The number of aryl methyl sites for hydroxylation is 8. The fourth-order valence-corrected chi connectivity index (χ4v) is 13.8. The first-order valence-electron chi connectivity index (χ1n) is 58.1. The van der Waals surface area contributed by atoms with Crippen molar-refractivity contribution in [2.45, 2.75) is 82.9 Å². The summed E-state index contributed by atoms with van der Waals surface area (Å²) in [7, 11) is 0. The molecule has 0 unspecified atom stereocenters. The number of hydrogen-bond donors (Lipinski definition) is 8. The van der Waals surface area contributed by atoms with Gasteiger partial charge < -0.3 is 59.5 Å². The summed E-state index contributed by atoms with van der Waals surface area (Å²) in [5.74, 6) is -2.69. The Labute approximate surface area is 869 Å². The summed E-state index contributed by atoms with van der Waals surface area (Å²) >= 11 is 0. The molecule has 0 saturated heterocycles. The lowest BCUT2D eigenvalue weighted by Crippen LogP contribution is -2.14. The molecule has 144 heavy (non-hydrogen) atoms. The number of amides is 4. The Kier molecular flexibility index (Phi) is 20.7. The van der Waals surface area contributed by atoms with Crippen molar-refractivity contribution < 1.29 is 57.6 Å². The first-order chi connectivity index (χ1) is 81.4. The summed E-state index contributed by atoms with van der Waals surface area (Å²) in [6.07, 6.45) is 20.6. The molecule has 0 saturated carbocycles. The third-order valence-corrected chi connectivity index (χ3v) is 20.8. The molecule has 0 atom stereocenters. The van der Waals surface area contributed by atoms with E-state index in [2.05, 4.69) is 111 Å². The third kappa shape index (κ3) is 25.2. The van der Waals surface area contributed by atoms with E-state index in [1.165, 1.54) is 89.6 Å². The zero-order valence-corrected chi connectivity index (χ0v) is 78.5. The number of aromatic nitrogens is 18. The van der Waals surface area contributed by atoms with Gasteiger partial charge >= 0.3 is 0 Å². The molecular weight excluding hydrogens is 1800 g/mol. The average molecular weight is 1930 g/mol. The van der Waals surface area contributed by atoms with Crippen LogP contribution < -0.4 is 43.7 Å². The van der Waals surface area contributed by atoms with Gasteiger partial charge in [0.05, 0.1) is 99.7 Å². The van der Waals surface area contributed by atoms with Crippen molar-refractivity contribution >= 4 is 69.1 Å². The van der Waals surface area contributed by atoms with Gasteiger partial charge in [0.2, 0.25) is 22.5 Å². The van der Waals surface area contributed by atoms with Gasteiger partial charge in [-0.25, -0.2) is 49.9 Å². The van der Waals surface area contributed by atoms with E-state index in [9.17, 15) is 19.2 Å². The lowest BCUT2D eigenvalue weighted by Gasteiger charge is -2.11. The topological polar surface area (TPSA) is 378 Å². The minimum Gasteiger partial charge on any atom is -0.324 e. The maximum Gasteiger partial charge on any atom is 0.255 e. The highest BCUT2D eigenvalue weighted by molar-refractivity contribution is 6.07. The molecular formula is C114H102N26O4. The maximum absolute atomic E-state index is 13.5. The van der Waals surface area contributed by atoms with Gasteiger partial charge in [-0.3, -0.25) is 39.1 Å². The van der Waals surface area contributed by atoms with Crippen LogP contribution in [0.3, 0.4) is 0 Å². The molecule has 30 heteroatoms. The summed E-state index contributed by atoms with van der Waals surface area (Å²) in [6, 6.07) is 31.3. The molecule has 0 aliphatic rings. The van der Waals surface area contributed by atoms with Crippen molar-refractivity contribution in [2.75, 3.05) is 21.3 Å². The van der Waals surface area contributed by atoms with Crippen molar-refractivity contribution in [3.8, 4) is 67.8 Å². The number of imidazole rings is 2. The number of pyridine rings is 4. The van der Waals surface area contributed by atoms with Gasteiger partial charge in [0.25, 0.3) is 23.6 Å². The molecule has 0 bridgehead atoms. The second-order valence-corrected chi connectivity index (χ2v) is 32.1. The van der Waals surface area contributed by atoms with Crippen LogP contribution in [0, 0.1) is 82.9 Å². The Morgan fingerprint density at radius 1 is 0.319 bits per heavy atom. The van der Waals surface area contributed by atoms with E-state index in [1.807, 2.05) is 19.9 Å². The lowest BCUT2D eigenvalue weighted by atomic mass is 10.1. The minimum absolute atomic E-state index is 0.00804. The molecule has 4 amide bonds. The van der Waals surface area contributed by atoms with Crippen LogP contribution in [-0.4, -0.2) is 112 Å². The number of benzene rings is 8. The quantitative estimate of drug-likeness (QED) is 0.0352. The first kappa shape index (κ1) is 67.1. The van der Waals surface area contributed by atoms with E-state index in [0.29, 0.717) is 73.1 Å². The van der Waals surface area contributed by atoms with Crippen LogP contribution in [0.1, 0.15) is 147 Å². The van der Waals surface area contributed by atoms with Crippen molar-refractivity contribution in [1.82, 2.24) is 88.0 Å². The Bertz CT molecular complexity index is 9820. The van der Waals surface area contributed by atoms with Crippen LogP contribution in [0.25, 0.3) is 67.8 Å². The number of aromatic amines is 4. The van der Waals surface area contributed by atoms with Crippen LogP contribution in [0.2, 0.25) is 0 Å². The van der Waals surface area contributed by atoms with E-state index >= 15 is 0 Å². The van der Waals surface area contributed by atoms with Crippen LogP contribution in [0.5, 0.6) is 0 Å². The highest BCUT2D eigenvalue weighted by atomic mass is 16.2. The number of carbonyl (C=O) groups excluding carboxylic acids is 4. The van der Waals surface area contributed by atoms with E-state index in [4.69, 9.17) is 38.4 Å². The smallest absolute Gasteiger partial charge is 0.255 e.